The Balaban J connectivity index is 0.00000400. The van der Waals surface area contributed by atoms with E-state index in [1.54, 1.807) is 13.8 Å². The lowest BCUT2D eigenvalue weighted by atomic mass is 10.1. The zero-order valence-electron chi connectivity index (χ0n) is 12.0. The molecule has 9 heteroatoms. The summed E-state index contributed by atoms with van der Waals surface area (Å²) < 4.78 is 26.8. The van der Waals surface area contributed by atoms with Gasteiger partial charge in [0.2, 0.25) is 10.0 Å². The van der Waals surface area contributed by atoms with E-state index in [1.807, 2.05) is 0 Å². The van der Waals surface area contributed by atoms with Crippen molar-refractivity contribution in [3.63, 3.8) is 0 Å². The molecule has 0 spiro atoms. The fraction of sp³-hybridized carbons (Fsp3) is 0.500. The molecule has 0 bridgehead atoms. The molecule has 7 nitrogen and oxygen atoms in total. The Morgan fingerprint density at radius 1 is 1.29 bits per heavy atom. The maximum Gasteiger partial charge on any atom is 0.271 e. The van der Waals surface area contributed by atoms with Crippen molar-refractivity contribution in [2.24, 2.45) is 5.73 Å². The molecule has 0 atom stereocenters. The highest BCUT2D eigenvalue weighted by Gasteiger charge is 2.21. The van der Waals surface area contributed by atoms with Crippen LogP contribution in [0, 0.1) is 24.0 Å². The molecule has 0 fully saturated rings. The van der Waals surface area contributed by atoms with Crippen LogP contribution in [-0.2, 0) is 10.0 Å². The van der Waals surface area contributed by atoms with E-state index in [0.717, 1.165) is 12.5 Å². The van der Waals surface area contributed by atoms with Crippen molar-refractivity contribution in [1.29, 1.82) is 0 Å². The third kappa shape index (κ3) is 5.24. The minimum atomic E-state index is -3.75. The van der Waals surface area contributed by atoms with Crippen LogP contribution in [0.1, 0.15) is 24.0 Å². The molecule has 120 valence electrons. The summed E-state index contributed by atoms with van der Waals surface area (Å²) in [5.41, 5.74) is 6.19. The molecule has 0 aliphatic carbocycles. The highest BCUT2D eigenvalue weighted by atomic mass is 35.5. The van der Waals surface area contributed by atoms with Crippen LogP contribution in [0.15, 0.2) is 17.0 Å². The fourth-order valence-electron chi connectivity index (χ4n) is 1.75. The smallest absolute Gasteiger partial charge is 0.271 e. The van der Waals surface area contributed by atoms with Gasteiger partial charge in [0.05, 0.1) is 9.82 Å². The number of non-ortho nitro benzene ring substituents is 1. The van der Waals surface area contributed by atoms with E-state index in [9.17, 15) is 18.5 Å². The van der Waals surface area contributed by atoms with Crippen LogP contribution in [0.25, 0.3) is 0 Å². The minimum absolute atomic E-state index is 0. The largest absolute Gasteiger partial charge is 0.330 e. The average molecular weight is 338 g/mol. The zero-order chi connectivity index (χ0) is 15.3. The van der Waals surface area contributed by atoms with E-state index in [0.29, 0.717) is 24.1 Å². The number of halogens is 1. The number of hydrogen-bond acceptors (Lipinski definition) is 5. The lowest BCUT2D eigenvalue weighted by molar-refractivity contribution is -0.385. The zero-order valence-corrected chi connectivity index (χ0v) is 13.6. The van der Waals surface area contributed by atoms with Crippen molar-refractivity contribution in [3.8, 4) is 0 Å². The van der Waals surface area contributed by atoms with Gasteiger partial charge in [-0.1, -0.05) is 0 Å². The Kier molecular flexibility index (Phi) is 7.80. The first-order valence-electron chi connectivity index (χ1n) is 6.25. The summed E-state index contributed by atoms with van der Waals surface area (Å²) in [6.07, 6.45) is 1.35. The first-order chi connectivity index (χ1) is 9.29. The molecule has 0 saturated heterocycles. The maximum absolute atomic E-state index is 12.2. The van der Waals surface area contributed by atoms with Crippen molar-refractivity contribution in [2.75, 3.05) is 13.1 Å². The van der Waals surface area contributed by atoms with E-state index >= 15 is 0 Å². The molecule has 21 heavy (non-hydrogen) atoms. The van der Waals surface area contributed by atoms with E-state index in [1.165, 1.54) is 6.07 Å². The molecular formula is C12H20ClN3O4S. The number of unbranched alkanes of at least 4 members (excludes halogenated alkanes) is 1. The van der Waals surface area contributed by atoms with E-state index < -0.39 is 14.9 Å². The molecule has 0 aliphatic rings. The molecular weight excluding hydrogens is 318 g/mol. The van der Waals surface area contributed by atoms with Gasteiger partial charge in [-0.2, -0.15) is 0 Å². The van der Waals surface area contributed by atoms with Crippen LogP contribution < -0.4 is 10.5 Å². The normalized spacial score (nSPS) is 11.0. The molecule has 1 aromatic rings. The Bertz CT molecular complexity index is 605. The molecule has 0 aliphatic heterocycles. The quantitative estimate of drug-likeness (QED) is 0.446. The number of nitrogens with one attached hydrogen (secondary N) is 1. The lowest BCUT2D eigenvalue weighted by Gasteiger charge is -2.11. The summed E-state index contributed by atoms with van der Waals surface area (Å²) in [5.74, 6) is 0. The molecule has 0 saturated carbocycles. The third-order valence-corrected chi connectivity index (χ3v) is 4.62. The molecule has 3 N–H and O–H groups in total. The number of nitro benzene ring substituents is 1. The summed E-state index contributed by atoms with van der Waals surface area (Å²) >= 11 is 0. The van der Waals surface area contributed by atoms with Gasteiger partial charge in [0.1, 0.15) is 0 Å². The van der Waals surface area contributed by atoms with Crippen LogP contribution >= 0.6 is 12.4 Å². The van der Waals surface area contributed by atoms with Gasteiger partial charge in [-0.15, -0.1) is 12.4 Å². The summed E-state index contributed by atoms with van der Waals surface area (Å²) in [5, 5.41) is 10.8. The monoisotopic (exact) mass is 337 g/mol. The van der Waals surface area contributed by atoms with E-state index in [2.05, 4.69) is 4.72 Å². The fourth-order valence-corrected chi connectivity index (χ4v) is 3.16. The van der Waals surface area contributed by atoms with E-state index in [4.69, 9.17) is 5.73 Å². The number of hydrogen-bond donors (Lipinski definition) is 2. The summed E-state index contributed by atoms with van der Waals surface area (Å²) in [4.78, 5) is 10.2. The van der Waals surface area contributed by atoms with Crippen molar-refractivity contribution in [2.45, 2.75) is 31.6 Å². The molecule has 1 aromatic carbocycles. The van der Waals surface area contributed by atoms with Gasteiger partial charge in [0.15, 0.2) is 0 Å². The number of rotatable bonds is 7. The van der Waals surface area contributed by atoms with Crippen molar-refractivity contribution in [1.82, 2.24) is 4.72 Å². The lowest BCUT2D eigenvalue weighted by Crippen LogP contribution is -2.26. The summed E-state index contributed by atoms with van der Waals surface area (Å²) in [6.45, 7) is 4.04. The Hall–Kier alpha value is -1.22. The first-order valence-corrected chi connectivity index (χ1v) is 7.73. The highest BCUT2D eigenvalue weighted by molar-refractivity contribution is 7.89. The SMILES string of the molecule is Cc1cc([N+](=O)[O-])cc(S(=O)(=O)NCCCCN)c1C.Cl. The van der Waals surface area contributed by atoms with Crippen LogP contribution in [0.4, 0.5) is 5.69 Å². The maximum atomic E-state index is 12.2. The molecule has 0 unspecified atom stereocenters. The number of nitrogens with zero attached hydrogens (tertiary/aromatic N) is 1. The molecule has 0 heterocycles. The number of aryl methyl sites for hydroxylation is 1. The van der Waals surface area contributed by atoms with Gasteiger partial charge >= 0.3 is 0 Å². The van der Waals surface area contributed by atoms with Gasteiger partial charge in [-0.05, 0) is 44.4 Å². The third-order valence-electron chi connectivity index (χ3n) is 3.03. The second-order valence-corrected chi connectivity index (χ2v) is 6.27. The van der Waals surface area contributed by atoms with Gasteiger partial charge in [-0.3, -0.25) is 10.1 Å². The van der Waals surface area contributed by atoms with Crippen molar-refractivity contribution in [3.05, 3.63) is 33.4 Å². The Morgan fingerprint density at radius 2 is 1.90 bits per heavy atom. The minimum Gasteiger partial charge on any atom is -0.330 e. The van der Waals surface area contributed by atoms with Crippen LogP contribution in [0.5, 0.6) is 0 Å². The van der Waals surface area contributed by atoms with Crippen LogP contribution in [0.2, 0.25) is 0 Å². The number of sulfonamides is 1. The second-order valence-electron chi connectivity index (χ2n) is 4.54. The number of nitro groups is 1. The van der Waals surface area contributed by atoms with Crippen LogP contribution in [-0.4, -0.2) is 26.4 Å². The van der Waals surface area contributed by atoms with E-state index in [-0.39, 0.29) is 29.5 Å². The highest BCUT2D eigenvalue weighted by Crippen LogP contribution is 2.25. The van der Waals surface area contributed by atoms with Crippen molar-refractivity contribution >= 4 is 28.1 Å². The second kappa shape index (κ2) is 8.28. The van der Waals surface area contributed by atoms with Crippen LogP contribution in [0.3, 0.4) is 0 Å². The summed E-state index contributed by atoms with van der Waals surface area (Å²) in [7, 11) is -3.75. The molecule has 0 aromatic heterocycles. The first kappa shape index (κ1) is 19.8. The molecule has 0 radical (unpaired) electrons. The predicted octanol–water partition coefficient (Wildman–Crippen LogP) is 1.65. The topological polar surface area (TPSA) is 115 Å². The predicted molar refractivity (Wildman–Crippen MR) is 83.3 cm³/mol. The molecule has 1 rings (SSSR count). The number of benzene rings is 1. The van der Waals surface area contributed by atoms with Gasteiger partial charge in [-0.25, -0.2) is 13.1 Å². The van der Waals surface area contributed by atoms with Crippen molar-refractivity contribution < 1.29 is 13.3 Å². The standard InChI is InChI=1S/C12H19N3O4S.ClH/c1-9-7-11(15(16)17)8-12(10(9)2)20(18,19)14-6-4-3-5-13;/h7-8,14H,3-6,13H2,1-2H3;1H. The summed E-state index contributed by atoms with van der Waals surface area (Å²) in [6, 6.07) is 2.45. The Morgan fingerprint density at radius 3 is 2.43 bits per heavy atom. The number of nitrogens with two attached hydrogens (primary N) is 1. The van der Waals surface area contributed by atoms with Gasteiger partial charge in [0.25, 0.3) is 5.69 Å². The van der Waals surface area contributed by atoms with Gasteiger partial charge in [0, 0.05) is 18.7 Å². The Labute approximate surface area is 130 Å². The average Bonchev–Trinajstić information content (AvgIpc) is 2.37. The van der Waals surface area contributed by atoms with Gasteiger partial charge < -0.3 is 5.73 Å². The molecule has 0 amide bonds.